The molecule has 8 nitrogen and oxygen atoms in total. The quantitative estimate of drug-likeness (QED) is 0.511. The van der Waals surface area contributed by atoms with Gasteiger partial charge in [-0.25, -0.2) is 14.4 Å². The molecule has 1 aliphatic carbocycles. The molecule has 2 aliphatic rings. The molecule has 4 rings (SSSR count). The molecule has 2 aromatic carbocycles. The van der Waals surface area contributed by atoms with Crippen LogP contribution < -0.4 is 0 Å². The van der Waals surface area contributed by atoms with Gasteiger partial charge in [-0.3, -0.25) is 9.69 Å². The maximum absolute atomic E-state index is 13.1. The summed E-state index contributed by atoms with van der Waals surface area (Å²) in [5.74, 6) is -1.56. The van der Waals surface area contributed by atoms with Gasteiger partial charge in [0.25, 0.3) is 0 Å². The van der Waals surface area contributed by atoms with Crippen LogP contribution in [-0.2, 0) is 30.4 Å². The van der Waals surface area contributed by atoms with Crippen LogP contribution in [0, 0.1) is 0 Å². The van der Waals surface area contributed by atoms with Gasteiger partial charge in [-0.05, 0) is 29.8 Å². The van der Waals surface area contributed by atoms with Crippen LogP contribution in [0.4, 0.5) is 4.79 Å². The van der Waals surface area contributed by atoms with Gasteiger partial charge in [0.2, 0.25) is 0 Å². The molecular weight excluding hydrogens is 426 g/mol. The van der Waals surface area contributed by atoms with E-state index in [9.17, 15) is 19.2 Å². The Labute approximate surface area is 190 Å². The fourth-order valence-corrected chi connectivity index (χ4v) is 4.26. The highest BCUT2D eigenvalue weighted by Crippen LogP contribution is 2.43. The number of allylic oxidation sites excluding steroid dienone is 1. The minimum absolute atomic E-state index is 0.0165. The first-order valence-electron chi connectivity index (χ1n) is 10.5. The van der Waals surface area contributed by atoms with Gasteiger partial charge in [0.15, 0.2) is 11.4 Å². The number of fused-ring (bicyclic) bond motifs is 1. The molecule has 0 unspecified atom stereocenters. The van der Waals surface area contributed by atoms with E-state index in [4.69, 9.17) is 14.2 Å². The van der Waals surface area contributed by atoms with Crippen LogP contribution >= 0.6 is 0 Å². The van der Waals surface area contributed by atoms with Crippen molar-refractivity contribution in [1.82, 2.24) is 4.90 Å². The van der Waals surface area contributed by atoms with E-state index < -0.39 is 35.7 Å². The van der Waals surface area contributed by atoms with Crippen LogP contribution in [0.15, 0.2) is 72.8 Å². The molecule has 1 aliphatic heterocycles. The number of hydrogen-bond acceptors (Lipinski definition) is 7. The van der Waals surface area contributed by atoms with Crippen LogP contribution in [0.1, 0.15) is 28.8 Å². The van der Waals surface area contributed by atoms with Gasteiger partial charge in [0.1, 0.15) is 12.6 Å². The zero-order valence-corrected chi connectivity index (χ0v) is 18.0. The Morgan fingerprint density at radius 3 is 2.36 bits per heavy atom. The van der Waals surface area contributed by atoms with E-state index in [-0.39, 0.29) is 25.2 Å². The molecule has 1 fully saturated rings. The van der Waals surface area contributed by atoms with E-state index in [2.05, 4.69) is 0 Å². The summed E-state index contributed by atoms with van der Waals surface area (Å²) in [6.07, 6.45) is 1.83. The summed E-state index contributed by atoms with van der Waals surface area (Å²) in [4.78, 5) is 52.1. The smallest absolute Gasteiger partial charge is 0.411 e. The summed E-state index contributed by atoms with van der Waals surface area (Å²) in [5.41, 5.74) is -0.289. The minimum Gasteiger partial charge on any atom is -0.467 e. The molecule has 2 aromatic rings. The third-order valence-corrected chi connectivity index (χ3v) is 5.88. The first-order valence-corrected chi connectivity index (χ1v) is 10.5. The zero-order valence-electron chi connectivity index (χ0n) is 18.0. The van der Waals surface area contributed by atoms with Crippen LogP contribution in [-0.4, -0.2) is 53.5 Å². The number of nitrogens with zero attached hydrogens (tertiary/aromatic N) is 1. The number of likely N-dealkylation sites (tertiary alicyclic amines) is 1. The zero-order chi connectivity index (χ0) is 23.4. The lowest BCUT2D eigenvalue weighted by Gasteiger charge is -2.36. The van der Waals surface area contributed by atoms with Crippen molar-refractivity contribution in [2.24, 2.45) is 0 Å². The molecule has 0 radical (unpaired) electrons. The van der Waals surface area contributed by atoms with Gasteiger partial charge < -0.3 is 14.2 Å². The van der Waals surface area contributed by atoms with Crippen molar-refractivity contribution in [1.29, 1.82) is 0 Å². The van der Waals surface area contributed by atoms with Crippen molar-refractivity contribution in [3.05, 3.63) is 83.9 Å². The van der Waals surface area contributed by atoms with Gasteiger partial charge in [-0.2, -0.15) is 0 Å². The van der Waals surface area contributed by atoms with Crippen molar-refractivity contribution in [2.75, 3.05) is 7.11 Å². The second kappa shape index (κ2) is 9.28. The molecule has 170 valence electrons. The summed E-state index contributed by atoms with van der Waals surface area (Å²) in [6.45, 7) is -0.0165. The summed E-state index contributed by atoms with van der Waals surface area (Å²) >= 11 is 0. The summed E-state index contributed by atoms with van der Waals surface area (Å²) < 4.78 is 16.2. The maximum Gasteiger partial charge on any atom is 0.411 e. The van der Waals surface area contributed by atoms with E-state index in [1.165, 1.54) is 24.2 Å². The van der Waals surface area contributed by atoms with Crippen molar-refractivity contribution in [2.45, 2.75) is 37.1 Å². The summed E-state index contributed by atoms with van der Waals surface area (Å²) in [5, 5.41) is 0. The molecule has 0 spiro atoms. The number of ketones is 1. The third kappa shape index (κ3) is 4.50. The molecule has 0 saturated carbocycles. The number of esters is 2. The predicted molar refractivity (Wildman–Crippen MR) is 116 cm³/mol. The topological polar surface area (TPSA) is 99.2 Å². The lowest BCUT2D eigenvalue weighted by atomic mass is 9.84. The van der Waals surface area contributed by atoms with Gasteiger partial charge in [-0.15, -0.1) is 0 Å². The van der Waals surface area contributed by atoms with E-state index >= 15 is 0 Å². The fraction of sp³-hybridized carbons (Fsp3) is 0.280. The van der Waals surface area contributed by atoms with Crippen LogP contribution in [0.2, 0.25) is 0 Å². The van der Waals surface area contributed by atoms with E-state index in [1.807, 2.05) is 18.2 Å². The van der Waals surface area contributed by atoms with Crippen LogP contribution in [0.5, 0.6) is 0 Å². The average Bonchev–Trinajstić information content (AvgIpc) is 3.17. The Kier molecular flexibility index (Phi) is 6.26. The number of rotatable bonds is 5. The average molecular weight is 449 g/mol. The van der Waals surface area contributed by atoms with Gasteiger partial charge in [0.05, 0.1) is 18.7 Å². The van der Waals surface area contributed by atoms with E-state index in [0.29, 0.717) is 5.56 Å². The van der Waals surface area contributed by atoms with E-state index in [0.717, 1.165) is 5.56 Å². The summed E-state index contributed by atoms with van der Waals surface area (Å²) in [7, 11) is 1.21. The molecule has 8 heteroatoms. The molecule has 0 aromatic heterocycles. The standard InChI is InChI=1S/C25H23NO7/c1-31-23(29)20-15-25(33-22(28)18-10-6-3-7-11-18)13-12-19(27)14-21(25)26(20)24(30)32-16-17-8-4-2-5-9-17/h2-13,20-21H,14-16H2,1H3/t20-,21-,25+/m0/s1. The lowest BCUT2D eigenvalue weighted by Crippen LogP contribution is -2.52. The highest BCUT2D eigenvalue weighted by molar-refractivity contribution is 5.95. The number of carbonyl (C=O) groups excluding carboxylic acids is 4. The Balaban J connectivity index is 1.64. The first kappa shape index (κ1) is 22.3. The number of amides is 1. The van der Waals surface area contributed by atoms with Gasteiger partial charge in [-0.1, -0.05) is 48.5 Å². The Hall–Kier alpha value is -3.94. The second-order valence-electron chi connectivity index (χ2n) is 7.92. The maximum atomic E-state index is 13.1. The van der Waals surface area contributed by atoms with E-state index in [1.54, 1.807) is 42.5 Å². The normalized spacial score (nSPS) is 23.5. The molecule has 1 heterocycles. The molecular formula is C25H23NO7. The number of methoxy groups -OCH3 is 1. The molecule has 0 N–H and O–H groups in total. The molecule has 1 amide bonds. The highest BCUT2D eigenvalue weighted by Gasteiger charge is 2.60. The van der Waals surface area contributed by atoms with Crippen molar-refractivity contribution >= 4 is 23.8 Å². The summed E-state index contributed by atoms with van der Waals surface area (Å²) in [6, 6.07) is 15.5. The molecule has 3 atom stereocenters. The predicted octanol–water partition coefficient (Wildman–Crippen LogP) is 3.06. The van der Waals surface area contributed by atoms with Crippen LogP contribution in [0.25, 0.3) is 0 Å². The first-order chi connectivity index (χ1) is 15.9. The lowest BCUT2D eigenvalue weighted by molar-refractivity contribution is -0.146. The number of benzene rings is 2. The Morgan fingerprint density at radius 2 is 1.70 bits per heavy atom. The highest BCUT2D eigenvalue weighted by atomic mass is 16.6. The van der Waals surface area contributed by atoms with Gasteiger partial charge >= 0.3 is 18.0 Å². The monoisotopic (exact) mass is 449 g/mol. The Bertz CT molecular complexity index is 1080. The second-order valence-corrected chi connectivity index (χ2v) is 7.92. The van der Waals surface area contributed by atoms with Crippen LogP contribution in [0.3, 0.4) is 0 Å². The molecule has 0 bridgehead atoms. The SMILES string of the molecule is COC(=O)[C@@H]1C[C@]2(OC(=O)c3ccccc3)C=CC(=O)C[C@@H]2N1C(=O)OCc1ccccc1. The molecule has 33 heavy (non-hydrogen) atoms. The number of carbonyl (C=O) groups is 4. The number of hydrogen-bond donors (Lipinski definition) is 0. The fourth-order valence-electron chi connectivity index (χ4n) is 4.26. The third-order valence-electron chi connectivity index (χ3n) is 5.88. The van der Waals surface area contributed by atoms with Crippen molar-refractivity contribution in [3.8, 4) is 0 Å². The van der Waals surface area contributed by atoms with Crippen molar-refractivity contribution in [3.63, 3.8) is 0 Å². The number of ether oxygens (including phenoxy) is 3. The van der Waals surface area contributed by atoms with Gasteiger partial charge in [0, 0.05) is 12.8 Å². The Morgan fingerprint density at radius 1 is 1.03 bits per heavy atom. The van der Waals surface area contributed by atoms with Crippen molar-refractivity contribution < 1.29 is 33.4 Å². The largest absolute Gasteiger partial charge is 0.467 e. The molecule has 1 saturated heterocycles. The minimum atomic E-state index is -1.37.